The summed E-state index contributed by atoms with van der Waals surface area (Å²) < 4.78 is 38.6. The molecule has 0 aromatic heterocycles. The molecule has 2 aliphatic rings. The maximum absolute atomic E-state index is 12.9. The molecule has 4 heteroatoms. The van der Waals surface area contributed by atoms with Crippen LogP contribution in [-0.2, 0) is 4.79 Å². The Morgan fingerprint density at radius 1 is 1.43 bits per heavy atom. The van der Waals surface area contributed by atoms with E-state index in [1.807, 2.05) is 0 Å². The van der Waals surface area contributed by atoms with Gasteiger partial charge in [-0.15, -0.1) is 0 Å². The molecule has 0 radical (unpaired) electrons. The quantitative estimate of drug-likeness (QED) is 0.600. The first-order chi connectivity index (χ1) is 6.38. The second-order valence-corrected chi connectivity index (χ2v) is 4.22. The fraction of sp³-hybridized carbons (Fsp3) is 0.700. The van der Waals surface area contributed by atoms with Gasteiger partial charge in [-0.2, -0.15) is 13.2 Å². The van der Waals surface area contributed by atoms with Crippen LogP contribution in [0.2, 0.25) is 0 Å². The number of rotatable bonds is 1. The molecule has 0 aromatic carbocycles. The molecule has 14 heavy (non-hydrogen) atoms. The van der Waals surface area contributed by atoms with Crippen molar-refractivity contribution in [2.75, 3.05) is 0 Å². The summed E-state index contributed by atoms with van der Waals surface area (Å²) in [5, 5.41) is 0. The van der Waals surface area contributed by atoms with Gasteiger partial charge in [-0.3, -0.25) is 4.79 Å². The van der Waals surface area contributed by atoms with Crippen molar-refractivity contribution >= 4 is 5.78 Å². The van der Waals surface area contributed by atoms with Crippen LogP contribution in [0.5, 0.6) is 0 Å². The highest BCUT2D eigenvalue weighted by Gasteiger charge is 2.66. The zero-order valence-electron chi connectivity index (χ0n) is 7.77. The van der Waals surface area contributed by atoms with E-state index in [1.165, 1.54) is 0 Å². The molecule has 0 aromatic rings. The van der Waals surface area contributed by atoms with Gasteiger partial charge in [0.1, 0.15) is 11.2 Å². The SMILES string of the molecule is CC(=O)C1(C(F)(F)F)CC2C=CC1C2. The van der Waals surface area contributed by atoms with Crippen LogP contribution < -0.4 is 0 Å². The largest absolute Gasteiger partial charge is 0.401 e. The number of ketones is 1. The van der Waals surface area contributed by atoms with Crippen LogP contribution in [0.15, 0.2) is 12.2 Å². The van der Waals surface area contributed by atoms with Gasteiger partial charge >= 0.3 is 6.18 Å². The average Bonchev–Trinajstić information content (AvgIpc) is 2.59. The van der Waals surface area contributed by atoms with E-state index < -0.39 is 23.3 Å². The van der Waals surface area contributed by atoms with Crippen LogP contribution in [-0.4, -0.2) is 12.0 Å². The summed E-state index contributed by atoms with van der Waals surface area (Å²) in [4.78, 5) is 11.3. The summed E-state index contributed by atoms with van der Waals surface area (Å²) in [5.74, 6) is -1.41. The van der Waals surface area contributed by atoms with Crippen LogP contribution in [0.1, 0.15) is 19.8 Å². The second-order valence-electron chi connectivity index (χ2n) is 4.22. The Morgan fingerprint density at radius 2 is 2.07 bits per heavy atom. The van der Waals surface area contributed by atoms with Crippen molar-refractivity contribution in [3.63, 3.8) is 0 Å². The van der Waals surface area contributed by atoms with Crippen molar-refractivity contribution in [1.29, 1.82) is 0 Å². The first kappa shape index (κ1) is 9.74. The third-order valence-electron chi connectivity index (χ3n) is 3.52. The minimum Gasteiger partial charge on any atom is -0.299 e. The Balaban J connectivity index is 2.44. The van der Waals surface area contributed by atoms with Gasteiger partial charge in [0.05, 0.1) is 0 Å². The van der Waals surface area contributed by atoms with E-state index in [-0.39, 0.29) is 12.3 Å². The van der Waals surface area contributed by atoms with Gasteiger partial charge in [0.25, 0.3) is 0 Å². The summed E-state index contributed by atoms with van der Waals surface area (Å²) in [7, 11) is 0. The number of fused-ring (bicyclic) bond motifs is 2. The Hall–Kier alpha value is -0.800. The third kappa shape index (κ3) is 0.996. The van der Waals surface area contributed by atoms with E-state index in [9.17, 15) is 18.0 Å². The van der Waals surface area contributed by atoms with E-state index in [1.54, 1.807) is 12.2 Å². The Kier molecular flexibility index (Phi) is 1.82. The topological polar surface area (TPSA) is 17.1 Å². The minimum absolute atomic E-state index is 0.0486. The fourth-order valence-electron chi connectivity index (χ4n) is 2.79. The highest BCUT2D eigenvalue weighted by atomic mass is 19.4. The monoisotopic (exact) mass is 204 g/mol. The Bertz CT molecular complexity index is 305. The lowest BCUT2D eigenvalue weighted by atomic mass is 9.72. The number of Topliss-reactive ketones (excluding diaryl/α,β-unsaturated/α-hetero) is 1. The highest BCUT2D eigenvalue weighted by Crippen LogP contribution is 2.60. The molecule has 0 spiro atoms. The van der Waals surface area contributed by atoms with Gasteiger partial charge in [0.15, 0.2) is 0 Å². The molecule has 0 amide bonds. The molecule has 2 bridgehead atoms. The molecular formula is C10H11F3O. The maximum Gasteiger partial charge on any atom is 0.401 e. The maximum atomic E-state index is 12.9. The molecule has 0 heterocycles. The minimum atomic E-state index is -4.40. The predicted octanol–water partition coefficient (Wildman–Crippen LogP) is 2.72. The van der Waals surface area contributed by atoms with Gasteiger partial charge in [-0.05, 0) is 31.6 Å². The molecule has 3 unspecified atom stereocenters. The first-order valence-corrected chi connectivity index (χ1v) is 4.64. The zero-order valence-corrected chi connectivity index (χ0v) is 7.77. The van der Waals surface area contributed by atoms with Gasteiger partial charge in [-0.1, -0.05) is 12.2 Å². The number of hydrogen-bond donors (Lipinski definition) is 0. The Morgan fingerprint density at radius 3 is 2.29 bits per heavy atom. The van der Waals surface area contributed by atoms with Crippen LogP contribution in [0.25, 0.3) is 0 Å². The normalized spacial score (nSPS) is 40.6. The molecule has 2 aliphatic carbocycles. The van der Waals surface area contributed by atoms with Gasteiger partial charge in [0.2, 0.25) is 0 Å². The van der Waals surface area contributed by atoms with Crippen molar-refractivity contribution < 1.29 is 18.0 Å². The summed E-state index contributed by atoms with van der Waals surface area (Å²) in [6.45, 7) is 1.06. The summed E-state index contributed by atoms with van der Waals surface area (Å²) in [6, 6.07) is 0. The molecule has 1 saturated carbocycles. The van der Waals surface area contributed by atoms with Gasteiger partial charge < -0.3 is 0 Å². The van der Waals surface area contributed by atoms with Crippen molar-refractivity contribution in [3.8, 4) is 0 Å². The lowest BCUT2D eigenvalue weighted by Crippen LogP contribution is -2.47. The molecule has 2 rings (SSSR count). The van der Waals surface area contributed by atoms with E-state index in [0.29, 0.717) is 6.42 Å². The lowest BCUT2D eigenvalue weighted by molar-refractivity contribution is -0.226. The van der Waals surface area contributed by atoms with Crippen LogP contribution in [0.4, 0.5) is 13.2 Å². The van der Waals surface area contributed by atoms with Gasteiger partial charge in [0, 0.05) is 0 Å². The number of carbonyl (C=O) groups excluding carboxylic acids is 1. The van der Waals surface area contributed by atoms with Crippen molar-refractivity contribution in [3.05, 3.63) is 12.2 Å². The number of alkyl halides is 3. The summed E-state index contributed by atoms with van der Waals surface area (Å²) in [6.07, 6.45) is -0.601. The number of allylic oxidation sites excluding steroid dienone is 2. The molecule has 0 N–H and O–H groups in total. The first-order valence-electron chi connectivity index (χ1n) is 4.64. The molecule has 78 valence electrons. The van der Waals surface area contributed by atoms with E-state index in [2.05, 4.69) is 0 Å². The molecule has 3 atom stereocenters. The van der Waals surface area contributed by atoms with E-state index in [0.717, 1.165) is 6.92 Å². The van der Waals surface area contributed by atoms with E-state index in [4.69, 9.17) is 0 Å². The molecular weight excluding hydrogens is 193 g/mol. The van der Waals surface area contributed by atoms with Gasteiger partial charge in [-0.25, -0.2) is 0 Å². The Labute approximate surface area is 80.0 Å². The standard InChI is InChI=1S/C10H11F3O/c1-6(14)9(10(11,12)13)5-7-2-3-8(9)4-7/h2-3,7-8H,4-5H2,1H3. The zero-order chi connectivity index (χ0) is 10.6. The average molecular weight is 204 g/mol. The fourth-order valence-corrected chi connectivity index (χ4v) is 2.79. The molecule has 0 aliphatic heterocycles. The number of carbonyl (C=O) groups is 1. The van der Waals surface area contributed by atoms with Crippen molar-refractivity contribution in [1.82, 2.24) is 0 Å². The molecule has 0 saturated heterocycles. The van der Waals surface area contributed by atoms with Crippen molar-refractivity contribution in [2.24, 2.45) is 17.3 Å². The second kappa shape index (κ2) is 2.61. The smallest absolute Gasteiger partial charge is 0.299 e. The summed E-state index contributed by atoms with van der Waals surface area (Å²) >= 11 is 0. The number of halogens is 3. The molecule has 1 nitrogen and oxygen atoms in total. The third-order valence-corrected chi connectivity index (χ3v) is 3.52. The van der Waals surface area contributed by atoms with E-state index >= 15 is 0 Å². The van der Waals surface area contributed by atoms with Crippen LogP contribution >= 0.6 is 0 Å². The predicted molar refractivity (Wildman–Crippen MR) is 44.5 cm³/mol. The highest BCUT2D eigenvalue weighted by molar-refractivity contribution is 5.84. The summed E-state index contributed by atoms with van der Waals surface area (Å²) in [5.41, 5.74) is -2.08. The van der Waals surface area contributed by atoms with Crippen LogP contribution in [0.3, 0.4) is 0 Å². The van der Waals surface area contributed by atoms with Crippen molar-refractivity contribution in [2.45, 2.75) is 25.9 Å². The number of hydrogen-bond acceptors (Lipinski definition) is 1. The molecule has 1 fully saturated rings. The van der Waals surface area contributed by atoms with Crippen LogP contribution in [0, 0.1) is 17.3 Å². The lowest BCUT2D eigenvalue weighted by Gasteiger charge is -2.34.